The molecule has 100 valence electrons. The summed E-state index contributed by atoms with van der Waals surface area (Å²) in [6.07, 6.45) is 5.56. The van der Waals surface area contributed by atoms with Crippen molar-refractivity contribution in [3.05, 3.63) is 0 Å². The number of piperidine rings is 2. The largest absolute Gasteiger partial charge is 0.329 e. The van der Waals surface area contributed by atoms with Gasteiger partial charge in [0.25, 0.3) is 0 Å². The van der Waals surface area contributed by atoms with E-state index in [2.05, 4.69) is 16.7 Å². The number of sulfonamides is 1. The highest BCUT2D eigenvalue weighted by Gasteiger charge is 2.37. The Morgan fingerprint density at radius 2 is 1.88 bits per heavy atom. The van der Waals surface area contributed by atoms with Gasteiger partial charge in [-0.1, -0.05) is 6.42 Å². The van der Waals surface area contributed by atoms with Gasteiger partial charge in [0, 0.05) is 24.7 Å². The molecular weight excluding hydrogens is 238 g/mol. The fourth-order valence-electron chi connectivity index (χ4n) is 3.18. The fraction of sp³-hybridized carbons (Fsp3) is 1.00. The third-order valence-electron chi connectivity index (χ3n) is 4.07. The lowest BCUT2D eigenvalue weighted by Crippen LogP contribution is -2.55. The van der Waals surface area contributed by atoms with Gasteiger partial charge in [-0.05, 0) is 32.7 Å². The van der Waals surface area contributed by atoms with Gasteiger partial charge in [0.2, 0.25) is 10.0 Å². The zero-order valence-corrected chi connectivity index (χ0v) is 11.2. The van der Waals surface area contributed by atoms with Crippen molar-refractivity contribution in [3.8, 4) is 0 Å². The first-order valence-electron chi connectivity index (χ1n) is 6.44. The van der Waals surface area contributed by atoms with Crippen LogP contribution in [0.4, 0.5) is 0 Å². The minimum Gasteiger partial charge on any atom is -0.329 e. The Hall–Kier alpha value is -0.170. The molecule has 2 atom stereocenters. The van der Waals surface area contributed by atoms with Crippen LogP contribution in [0.1, 0.15) is 32.1 Å². The molecule has 0 saturated carbocycles. The molecule has 6 heteroatoms. The molecule has 2 aliphatic rings. The summed E-state index contributed by atoms with van der Waals surface area (Å²) >= 11 is 0. The Labute approximate surface area is 104 Å². The molecule has 2 bridgehead atoms. The van der Waals surface area contributed by atoms with Gasteiger partial charge >= 0.3 is 0 Å². The zero-order valence-electron chi connectivity index (χ0n) is 10.4. The maximum absolute atomic E-state index is 11.7. The minimum absolute atomic E-state index is 0.0364. The number of hydrogen-bond acceptors (Lipinski definition) is 4. The van der Waals surface area contributed by atoms with Crippen molar-refractivity contribution < 1.29 is 8.42 Å². The smallest absolute Gasteiger partial charge is 0.213 e. The maximum Gasteiger partial charge on any atom is 0.213 e. The molecule has 2 aliphatic heterocycles. The molecule has 5 nitrogen and oxygen atoms in total. The van der Waals surface area contributed by atoms with E-state index in [0.29, 0.717) is 12.1 Å². The molecule has 2 fully saturated rings. The first kappa shape index (κ1) is 13.3. The molecule has 0 spiro atoms. The van der Waals surface area contributed by atoms with Gasteiger partial charge < -0.3 is 10.6 Å². The SMILES string of the molecule is CN1C2CCCC1CC(NS(=O)(=O)CCN)C2. The summed E-state index contributed by atoms with van der Waals surface area (Å²) < 4.78 is 26.2. The lowest BCUT2D eigenvalue weighted by Gasteiger charge is -2.47. The molecule has 0 aromatic rings. The highest BCUT2D eigenvalue weighted by Crippen LogP contribution is 2.32. The molecule has 0 aromatic heterocycles. The first-order valence-corrected chi connectivity index (χ1v) is 8.09. The Morgan fingerprint density at radius 3 is 2.41 bits per heavy atom. The summed E-state index contributed by atoms with van der Waals surface area (Å²) in [5, 5.41) is 0. The maximum atomic E-state index is 11.7. The molecule has 0 amide bonds. The highest BCUT2D eigenvalue weighted by atomic mass is 32.2. The molecule has 2 unspecified atom stereocenters. The van der Waals surface area contributed by atoms with Crippen molar-refractivity contribution in [1.82, 2.24) is 9.62 Å². The third-order valence-corrected chi connectivity index (χ3v) is 5.54. The fourth-order valence-corrected chi connectivity index (χ4v) is 4.31. The average molecular weight is 261 g/mol. The summed E-state index contributed by atoms with van der Waals surface area (Å²) in [7, 11) is -1.01. The summed E-state index contributed by atoms with van der Waals surface area (Å²) in [6.45, 7) is 0.189. The van der Waals surface area contributed by atoms with Crippen molar-refractivity contribution in [1.29, 1.82) is 0 Å². The summed E-state index contributed by atoms with van der Waals surface area (Å²) in [5.41, 5.74) is 5.31. The second kappa shape index (κ2) is 5.22. The normalized spacial score (nSPS) is 34.8. The second-order valence-corrected chi connectivity index (χ2v) is 7.17. The number of nitrogens with zero attached hydrogens (tertiary/aromatic N) is 1. The van der Waals surface area contributed by atoms with E-state index in [4.69, 9.17) is 5.73 Å². The van der Waals surface area contributed by atoms with Crippen LogP contribution in [0.5, 0.6) is 0 Å². The summed E-state index contributed by atoms with van der Waals surface area (Å²) in [6, 6.07) is 1.21. The van der Waals surface area contributed by atoms with E-state index in [1.165, 1.54) is 19.3 Å². The number of hydrogen-bond donors (Lipinski definition) is 2. The molecule has 2 rings (SSSR count). The Morgan fingerprint density at radius 1 is 1.29 bits per heavy atom. The topological polar surface area (TPSA) is 75.4 Å². The molecule has 0 aromatic carbocycles. The first-order chi connectivity index (χ1) is 8.02. The van der Waals surface area contributed by atoms with Crippen LogP contribution >= 0.6 is 0 Å². The number of nitrogens with one attached hydrogen (secondary N) is 1. The van der Waals surface area contributed by atoms with E-state index in [9.17, 15) is 8.42 Å². The van der Waals surface area contributed by atoms with Crippen LogP contribution in [-0.4, -0.2) is 50.8 Å². The Kier molecular flexibility index (Phi) is 4.07. The van der Waals surface area contributed by atoms with Gasteiger partial charge in [0.15, 0.2) is 0 Å². The third kappa shape index (κ3) is 3.19. The molecule has 0 aliphatic carbocycles. The van der Waals surface area contributed by atoms with E-state index in [1.807, 2.05) is 0 Å². The molecular formula is C11H23N3O2S. The zero-order chi connectivity index (χ0) is 12.5. The van der Waals surface area contributed by atoms with E-state index < -0.39 is 10.0 Å². The second-order valence-electron chi connectivity index (χ2n) is 5.30. The predicted molar refractivity (Wildman–Crippen MR) is 68.2 cm³/mol. The molecule has 17 heavy (non-hydrogen) atoms. The van der Waals surface area contributed by atoms with Gasteiger partial charge in [-0.15, -0.1) is 0 Å². The van der Waals surface area contributed by atoms with E-state index in [0.717, 1.165) is 12.8 Å². The van der Waals surface area contributed by atoms with Crippen molar-refractivity contribution in [2.45, 2.75) is 50.2 Å². The van der Waals surface area contributed by atoms with E-state index >= 15 is 0 Å². The van der Waals surface area contributed by atoms with E-state index in [1.54, 1.807) is 0 Å². The average Bonchev–Trinajstić information content (AvgIpc) is 2.18. The van der Waals surface area contributed by atoms with Crippen LogP contribution in [0, 0.1) is 0 Å². The van der Waals surface area contributed by atoms with Gasteiger partial charge in [0.1, 0.15) is 0 Å². The van der Waals surface area contributed by atoms with Gasteiger partial charge in [0.05, 0.1) is 5.75 Å². The molecule has 3 N–H and O–H groups in total. The Bertz CT molecular complexity index is 344. The van der Waals surface area contributed by atoms with Gasteiger partial charge in [-0.3, -0.25) is 0 Å². The molecule has 2 heterocycles. The monoisotopic (exact) mass is 261 g/mol. The lowest BCUT2D eigenvalue weighted by molar-refractivity contribution is 0.0536. The number of fused-ring (bicyclic) bond motifs is 2. The van der Waals surface area contributed by atoms with Crippen LogP contribution in [-0.2, 0) is 10.0 Å². The van der Waals surface area contributed by atoms with Crippen LogP contribution in [0.2, 0.25) is 0 Å². The van der Waals surface area contributed by atoms with Crippen molar-refractivity contribution in [2.24, 2.45) is 5.73 Å². The van der Waals surface area contributed by atoms with Crippen LogP contribution in [0.25, 0.3) is 0 Å². The van der Waals surface area contributed by atoms with Crippen molar-refractivity contribution in [2.75, 3.05) is 19.3 Å². The standard InChI is InChI=1S/C11H23N3O2S/c1-14-10-3-2-4-11(14)8-9(7-10)13-17(15,16)6-5-12/h9-11,13H,2-8,12H2,1H3. The lowest BCUT2D eigenvalue weighted by atomic mass is 9.83. The van der Waals surface area contributed by atoms with Gasteiger partial charge in [-0.2, -0.15) is 0 Å². The summed E-state index contributed by atoms with van der Waals surface area (Å²) in [4.78, 5) is 2.43. The number of rotatable bonds is 4. The number of nitrogens with two attached hydrogens (primary N) is 1. The van der Waals surface area contributed by atoms with Crippen LogP contribution < -0.4 is 10.5 Å². The highest BCUT2D eigenvalue weighted by molar-refractivity contribution is 7.89. The van der Waals surface area contributed by atoms with Crippen molar-refractivity contribution in [3.63, 3.8) is 0 Å². The van der Waals surface area contributed by atoms with Crippen molar-refractivity contribution >= 4 is 10.0 Å². The molecule has 2 saturated heterocycles. The Balaban J connectivity index is 1.96. The van der Waals surface area contributed by atoms with E-state index in [-0.39, 0.29) is 18.3 Å². The quantitative estimate of drug-likeness (QED) is 0.740. The molecule has 0 radical (unpaired) electrons. The van der Waals surface area contributed by atoms with Crippen LogP contribution in [0.15, 0.2) is 0 Å². The minimum atomic E-state index is -3.17. The predicted octanol–water partition coefficient (Wildman–Crippen LogP) is -0.120. The van der Waals surface area contributed by atoms with Gasteiger partial charge in [-0.25, -0.2) is 13.1 Å². The summed E-state index contributed by atoms with van der Waals surface area (Å²) in [5.74, 6) is 0.0364. The van der Waals surface area contributed by atoms with Crippen LogP contribution in [0.3, 0.4) is 0 Å².